The SMILES string of the molecule is CN(CC1CCN(c2ccccn2)CC1)S(C)(=O)=O. The zero-order valence-electron chi connectivity index (χ0n) is 11.5. The molecule has 0 atom stereocenters. The largest absolute Gasteiger partial charge is 0.357 e. The number of aromatic nitrogens is 1. The number of piperidine rings is 1. The van der Waals surface area contributed by atoms with E-state index in [0.717, 1.165) is 31.7 Å². The molecule has 0 saturated carbocycles. The molecule has 1 aliphatic rings. The fraction of sp³-hybridized carbons (Fsp3) is 0.615. The molecule has 19 heavy (non-hydrogen) atoms. The Labute approximate surface area is 115 Å². The number of rotatable bonds is 4. The van der Waals surface area contributed by atoms with Gasteiger partial charge in [0, 0.05) is 32.9 Å². The summed E-state index contributed by atoms with van der Waals surface area (Å²) in [7, 11) is -1.41. The van der Waals surface area contributed by atoms with E-state index in [-0.39, 0.29) is 0 Å². The Morgan fingerprint density at radius 2 is 2.05 bits per heavy atom. The van der Waals surface area contributed by atoms with Crippen LogP contribution in [0.5, 0.6) is 0 Å². The lowest BCUT2D eigenvalue weighted by Gasteiger charge is -2.34. The molecule has 1 saturated heterocycles. The minimum atomic E-state index is -3.06. The van der Waals surface area contributed by atoms with E-state index in [4.69, 9.17) is 0 Å². The van der Waals surface area contributed by atoms with Crippen LogP contribution in [0, 0.1) is 5.92 Å². The van der Waals surface area contributed by atoms with Gasteiger partial charge in [-0.1, -0.05) is 6.07 Å². The Kier molecular flexibility index (Phi) is 4.42. The Hall–Kier alpha value is -1.14. The van der Waals surface area contributed by atoms with Crippen molar-refractivity contribution in [1.82, 2.24) is 9.29 Å². The van der Waals surface area contributed by atoms with Crippen LogP contribution in [-0.2, 0) is 10.0 Å². The Morgan fingerprint density at radius 3 is 2.58 bits per heavy atom. The molecule has 0 spiro atoms. The summed E-state index contributed by atoms with van der Waals surface area (Å²) in [5.74, 6) is 1.46. The molecular formula is C13H21N3O2S. The summed E-state index contributed by atoms with van der Waals surface area (Å²) in [6, 6.07) is 5.92. The molecule has 0 aliphatic carbocycles. The zero-order chi connectivity index (χ0) is 13.9. The van der Waals surface area contributed by atoms with Crippen molar-refractivity contribution in [1.29, 1.82) is 0 Å². The third-order valence-corrected chi connectivity index (χ3v) is 4.95. The molecule has 0 bridgehead atoms. The van der Waals surface area contributed by atoms with E-state index >= 15 is 0 Å². The van der Waals surface area contributed by atoms with Gasteiger partial charge in [-0.15, -0.1) is 0 Å². The van der Waals surface area contributed by atoms with Crippen molar-refractivity contribution < 1.29 is 8.42 Å². The first-order valence-electron chi connectivity index (χ1n) is 6.54. The number of hydrogen-bond donors (Lipinski definition) is 0. The van der Waals surface area contributed by atoms with Crippen molar-refractivity contribution in [3.05, 3.63) is 24.4 Å². The fourth-order valence-corrected chi connectivity index (χ4v) is 2.87. The summed E-state index contributed by atoms with van der Waals surface area (Å²) in [6.07, 6.45) is 5.09. The third-order valence-electron chi connectivity index (χ3n) is 3.67. The second-order valence-electron chi connectivity index (χ2n) is 5.16. The number of pyridine rings is 1. The Morgan fingerprint density at radius 1 is 1.37 bits per heavy atom. The van der Waals surface area contributed by atoms with Crippen LogP contribution in [0.2, 0.25) is 0 Å². The Balaban J connectivity index is 1.86. The van der Waals surface area contributed by atoms with Crippen LogP contribution in [0.25, 0.3) is 0 Å². The molecular weight excluding hydrogens is 262 g/mol. The van der Waals surface area contributed by atoms with Gasteiger partial charge in [0.2, 0.25) is 10.0 Å². The van der Waals surface area contributed by atoms with Crippen molar-refractivity contribution in [2.75, 3.05) is 37.8 Å². The highest BCUT2D eigenvalue weighted by molar-refractivity contribution is 7.88. The molecule has 0 amide bonds. The summed E-state index contributed by atoms with van der Waals surface area (Å²) >= 11 is 0. The summed E-state index contributed by atoms with van der Waals surface area (Å²) in [4.78, 5) is 6.61. The first-order valence-corrected chi connectivity index (χ1v) is 8.39. The maximum atomic E-state index is 11.4. The van der Waals surface area contributed by atoms with Gasteiger partial charge in [-0.05, 0) is 30.9 Å². The molecule has 0 unspecified atom stereocenters. The topological polar surface area (TPSA) is 53.5 Å². The van der Waals surface area contributed by atoms with Crippen LogP contribution in [0.3, 0.4) is 0 Å². The van der Waals surface area contributed by atoms with E-state index in [9.17, 15) is 8.42 Å². The van der Waals surface area contributed by atoms with Crippen molar-refractivity contribution in [3.63, 3.8) is 0 Å². The van der Waals surface area contributed by atoms with E-state index in [0.29, 0.717) is 12.5 Å². The first kappa shape index (κ1) is 14.3. The lowest BCUT2D eigenvalue weighted by molar-refractivity contribution is 0.328. The van der Waals surface area contributed by atoms with Gasteiger partial charge in [0.05, 0.1) is 6.26 Å². The van der Waals surface area contributed by atoms with E-state index in [2.05, 4.69) is 9.88 Å². The van der Waals surface area contributed by atoms with E-state index in [1.807, 2.05) is 18.2 Å². The van der Waals surface area contributed by atoms with E-state index in [1.54, 1.807) is 13.2 Å². The lowest BCUT2D eigenvalue weighted by Crippen LogP contribution is -2.39. The smallest absolute Gasteiger partial charge is 0.210 e. The molecule has 2 heterocycles. The van der Waals surface area contributed by atoms with Crippen LogP contribution >= 0.6 is 0 Å². The molecule has 5 nitrogen and oxygen atoms in total. The van der Waals surface area contributed by atoms with Crippen molar-refractivity contribution in [2.24, 2.45) is 5.92 Å². The van der Waals surface area contributed by atoms with Gasteiger partial charge in [-0.25, -0.2) is 17.7 Å². The number of nitrogens with zero attached hydrogens (tertiary/aromatic N) is 3. The molecule has 0 N–H and O–H groups in total. The first-order chi connectivity index (χ1) is 8.97. The molecule has 1 aromatic heterocycles. The van der Waals surface area contributed by atoms with Crippen LogP contribution in [0.1, 0.15) is 12.8 Å². The second kappa shape index (κ2) is 5.88. The Bertz CT molecular complexity index is 496. The third kappa shape index (κ3) is 3.91. The monoisotopic (exact) mass is 283 g/mol. The summed E-state index contributed by atoms with van der Waals surface area (Å²) in [6.45, 7) is 2.51. The van der Waals surface area contributed by atoms with E-state index < -0.39 is 10.0 Å². The number of hydrogen-bond acceptors (Lipinski definition) is 4. The molecule has 1 aliphatic heterocycles. The van der Waals surface area contributed by atoms with Crippen molar-refractivity contribution in [2.45, 2.75) is 12.8 Å². The van der Waals surface area contributed by atoms with Gasteiger partial charge in [0.15, 0.2) is 0 Å². The van der Waals surface area contributed by atoms with Crippen LogP contribution in [0.4, 0.5) is 5.82 Å². The number of sulfonamides is 1. The van der Waals surface area contributed by atoms with Gasteiger partial charge in [-0.3, -0.25) is 0 Å². The van der Waals surface area contributed by atoms with Gasteiger partial charge < -0.3 is 4.90 Å². The van der Waals surface area contributed by atoms with Crippen LogP contribution < -0.4 is 4.90 Å². The van der Waals surface area contributed by atoms with Gasteiger partial charge >= 0.3 is 0 Å². The second-order valence-corrected chi connectivity index (χ2v) is 7.25. The normalized spacial score (nSPS) is 17.9. The van der Waals surface area contributed by atoms with Gasteiger partial charge in [0.1, 0.15) is 5.82 Å². The van der Waals surface area contributed by atoms with Crippen LogP contribution in [0.15, 0.2) is 24.4 Å². The molecule has 6 heteroatoms. The average Bonchev–Trinajstić information content (AvgIpc) is 2.39. The molecule has 0 aromatic carbocycles. The standard InChI is InChI=1S/C13H21N3O2S/c1-15(19(2,17)18)11-12-6-9-16(10-7-12)13-5-3-4-8-14-13/h3-5,8,12H,6-7,9-11H2,1-2H3. The highest BCUT2D eigenvalue weighted by atomic mass is 32.2. The molecule has 0 radical (unpaired) electrons. The van der Waals surface area contributed by atoms with Gasteiger partial charge in [0.25, 0.3) is 0 Å². The molecule has 2 rings (SSSR count). The molecule has 106 valence electrons. The fourth-order valence-electron chi connectivity index (χ4n) is 2.38. The highest BCUT2D eigenvalue weighted by Gasteiger charge is 2.23. The highest BCUT2D eigenvalue weighted by Crippen LogP contribution is 2.22. The van der Waals surface area contributed by atoms with Crippen molar-refractivity contribution >= 4 is 15.8 Å². The molecule has 1 fully saturated rings. The summed E-state index contributed by atoms with van der Waals surface area (Å²) in [5.41, 5.74) is 0. The zero-order valence-corrected chi connectivity index (χ0v) is 12.3. The quantitative estimate of drug-likeness (QED) is 0.833. The van der Waals surface area contributed by atoms with Gasteiger partial charge in [-0.2, -0.15) is 0 Å². The predicted octanol–water partition coefficient (Wildman–Crippen LogP) is 1.19. The average molecular weight is 283 g/mol. The van der Waals surface area contributed by atoms with Crippen LogP contribution in [-0.4, -0.2) is 50.6 Å². The van der Waals surface area contributed by atoms with E-state index in [1.165, 1.54) is 10.6 Å². The minimum absolute atomic E-state index is 0.444. The maximum absolute atomic E-state index is 11.4. The maximum Gasteiger partial charge on any atom is 0.210 e. The summed E-state index contributed by atoms with van der Waals surface area (Å²) in [5, 5.41) is 0. The summed E-state index contributed by atoms with van der Waals surface area (Å²) < 4.78 is 24.2. The minimum Gasteiger partial charge on any atom is -0.357 e. The predicted molar refractivity (Wildman–Crippen MR) is 76.6 cm³/mol. The van der Waals surface area contributed by atoms with Crippen molar-refractivity contribution in [3.8, 4) is 0 Å². The lowest BCUT2D eigenvalue weighted by atomic mass is 9.97. The molecule has 1 aromatic rings. The number of anilines is 1.